The highest BCUT2D eigenvalue weighted by Crippen LogP contribution is 2.28. The summed E-state index contributed by atoms with van der Waals surface area (Å²) in [5.74, 6) is -0.466. The Morgan fingerprint density at radius 1 is 1.40 bits per heavy atom. The number of hydrogen-bond donors (Lipinski definition) is 1. The molecule has 1 N–H and O–H groups in total. The lowest BCUT2D eigenvalue weighted by molar-refractivity contribution is -0.112. The minimum absolute atomic E-state index is 0.0389. The predicted octanol–water partition coefficient (Wildman–Crippen LogP) is 4.55. The summed E-state index contributed by atoms with van der Waals surface area (Å²) in [7, 11) is 3.76. The lowest BCUT2D eigenvalue weighted by atomic mass is 10.1. The lowest BCUT2D eigenvalue weighted by Crippen LogP contribution is -2.18. The Hall–Kier alpha value is -2.75. The smallest absolute Gasteiger partial charge is 0.266 e. The molecule has 1 atom stereocenters. The first-order valence-corrected chi connectivity index (χ1v) is 10.4. The molecule has 3 rings (SSSR count). The van der Waals surface area contributed by atoms with Gasteiger partial charge in [0.2, 0.25) is 0 Å². The number of anilines is 2. The van der Waals surface area contributed by atoms with Crippen LogP contribution in [0.2, 0.25) is 5.02 Å². The molecular formula is C23H27ClN4O2. The average Bonchev–Trinajstić information content (AvgIpc) is 3.29. The number of ether oxygens (including phenoxy) is 1. The molecule has 1 aromatic heterocycles. The van der Waals surface area contributed by atoms with Crippen molar-refractivity contribution in [3.63, 3.8) is 0 Å². The van der Waals surface area contributed by atoms with Gasteiger partial charge in [0.25, 0.3) is 5.91 Å². The number of carbonyl (C=O) groups excluding carboxylic acids is 1. The summed E-state index contributed by atoms with van der Waals surface area (Å²) in [5.41, 5.74) is 4.35. The van der Waals surface area contributed by atoms with Crippen molar-refractivity contribution < 1.29 is 9.53 Å². The second kappa shape index (κ2) is 9.38. The number of hydrogen-bond acceptors (Lipinski definition) is 4. The van der Waals surface area contributed by atoms with Gasteiger partial charge in [-0.3, -0.25) is 4.79 Å². The largest absolute Gasteiger partial charge is 0.376 e. The molecule has 0 aliphatic carbocycles. The van der Waals surface area contributed by atoms with E-state index in [-0.39, 0.29) is 11.7 Å². The average molecular weight is 427 g/mol. The summed E-state index contributed by atoms with van der Waals surface area (Å²) in [6, 6.07) is 9.30. The molecule has 7 heteroatoms. The van der Waals surface area contributed by atoms with Crippen molar-refractivity contribution in [2.45, 2.75) is 39.3 Å². The Labute approximate surface area is 182 Å². The second-order valence-electron chi connectivity index (χ2n) is 7.75. The molecule has 1 aliphatic heterocycles. The number of amides is 1. The van der Waals surface area contributed by atoms with Gasteiger partial charge in [0, 0.05) is 43.7 Å². The SMILES string of the molecule is Cc1cc(/C=C(\C#N)C(=O)Nc2cc(Cl)ccc2N(C)C)c(C)n1CC1CCCO1. The van der Waals surface area contributed by atoms with Gasteiger partial charge in [-0.25, -0.2) is 0 Å². The molecule has 1 saturated heterocycles. The van der Waals surface area contributed by atoms with Crippen LogP contribution in [0.4, 0.5) is 11.4 Å². The summed E-state index contributed by atoms with van der Waals surface area (Å²) in [6.07, 6.45) is 4.01. The van der Waals surface area contributed by atoms with Crippen molar-refractivity contribution in [2.75, 3.05) is 30.9 Å². The normalized spacial score (nSPS) is 16.4. The summed E-state index contributed by atoms with van der Waals surface area (Å²) < 4.78 is 7.95. The number of nitriles is 1. The molecular weight excluding hydrogens is 400 g/mol. The number of carbonyl (C=O) groups is 1. The Bertz CT molecular complexity index is 1010. The fourth-order valence-electron chi connectivity index (χ4n) is 3.74. The molecule has 2 heterocycles. The zero-order valence-electron chi connectivity index (χ0n) is 17.8. The van der Waals surface area contributed by atoms with E-state index in [0.29, 0.717) is 10.7 Å². The second-order valence-corrected chi connectivity index (χ2v) is 8.19. The third kappa shape index (κ3) is 4.86. The topological polar surface area (TPSA) is 70.3 Å². The van der Waals surface area contributed by atoms with Gasteiger partial charge in [0.15, 0.2) is 0 Å². The molecule has 6 nitrogen and oxygen atoms in total. The fraction of sp³-hybridized carbons (Fsp3) is 0.391. The van der Waals surface area contributed by atoms with Gasteiger partial charge in [-0.05, 0) is 62.6 Å². The first kappa shape index (κ1) is 21.9. The van der Waals surface area contributed by atoms with Gasteiger partial charge in [-0.2, -0.15) is 5.26 Å². The molecule has 158 valence electrons. The maximum atomic E-state index is 12.8. The van der Waals surface area contributed by atoms with E-state index in [1.54, 1.807) is 18.2 Å². The first-order chi connectivity index (χ1) is 14.3. The van der Waals surface area contributed by atoms with Gasteiger partial charge in [-0.1, -0.05) is 11.6 Å². The van der Waals surface area contributed by atoms with Crippen LogP contribution >= 0.6 is 11.6 Å². The summed E-state index contributed by atoms with van der Waals surface area (Å²) in [4.78, 5) is 14.7. The van der Waals surface area contributed by atoms with Crippen molar-refractivity contribution >= 4 is 35.0 Å². The third-order valence-corrected chi connectivity index (χ3v) is 5.61. The highest BCUT2D eigenvalue weighted by molar-refractivity contribution is 6.31. The minimum Gasteiger partial charge on any atom is -0.376 e. The highest BCUT2D eigenvalue weighted by atomic mass is 35.5. The Morgan fingerprint density at radius 2 is 2.17 bits per heavy atom. The van der Waals surface area contributed by atoms with E-state index in [9.17, 15) is 10.1 Å². The summed E-state index contributed by atoms with van der Waals surface area (Å²) in [5, 5.41) is 13.0. The van der Waals surface area contributed by atoms with E-state index in [1.807, 2.05) is 51.0 Å². The van der Waals surface area contributed by atoms with Crippen LogP contribution in [0.25, 0.3) is 6.08 Å². The molecule has 1 fully saturated rings. The van der Waals surface area contributed by atoms with Crippen molar-refractivity contribution in [3.05, 3.63) is 51.8 Å². The van der Waals surface area contributed by atoms with Crippen molar-refractivity contribution in [1.29, 1.82) is 5.26 Å². The van der Waals surface area contributed by atoms with Gasteiger partial charge >= 0.3 is 0 Å². The molecule has 30 heavy (non-hydrogen) atoms. The molecule has 1 aliphatic rings. The number of nitrogens with zero attached hydrogens (tertiary/aromatic N) is 3. The number of rotatable bonds is 6. The zero-order chi connectivity index (χ0) is 21.8. The third-order valence-electron chi connectivity index (χ3n) is 5.38. The first-order valence-electron chi connectivity index (χ1n) is 9.98. The zero-order valence-corrected chi connectivity index (χ0v) is 18.6. The number of aromatic nitrogens is 1. The summed E-state index contributed by atoms with van der Waals surface area (Å²) >= 11 is 6.10. The minimum atomic E-state index is -0.466. The standard InChI is InChI=1S/C23H27ClN4O2/c1-15-10-17(16(2)28(15)14-20-6-5-9-30-20)11-18(13-25)23(29)26-21-12-19(24)7-8-22(21)27(3)4/h7-8,10-12,20H,5-6,9,14H2,1-4H3,(H,26,29)/b18-11+. The molecule has 1 aromatic carbocycles. The molecule has 0 bridgehead atoms. The van der Waals surface area contributed by atoms with Crippen LogP contribution in [0, 0.1) is 25.2 Å². The van der Waals surface area contributed by atoms with Crippen LogP contribution in [0.5, 0.6) is 0 Å². The number of nitrogens with one attached hydrogen (secondary N) is 1. The number of halogens is 1. The van der Waals surface area contributed by atoms with E-state index >= 15 is 0 Å². The van der Waals surface area contributed by atoms with Crippen molar-refractivity contribution in [1.82, 2.24) is 4.57 Å². The van der Waals surface area contributed by atoms with Crippen LogP contribution in [-0.4, -0.2) is 37.3 Å². The van der Waals surface area contributed by atoms with Crippen LogP contribution < -0.4 is 10.2 Å². The molecule has 2 aromatic rings. The quantitative estimate of drug-likeness (QED) is 0.543. The Kier molecular flexibility index (Phi) is 6.86. The number of benzene rings is 1. The van der Waals surface area contributed by atoms with Gasteiger partial charge in [0.1, 0.15) is 11.6 Å². The number of aryl methyl sites for hydroxylation is 1. The maximum absolute atomic E-state index is 12.8. The summed E-state index contributed by atoms with van der Waals surface area (Å²) in [6.45, 7) is 5.63. The van der Waals surface area contributed by atoms with Gasteiger partial charge < -0.3 is 19.5 Å². The predicted molar refractivity (Wildman–Crippen MR) is 121 cm³/mol. The van der Waals surface area contributed by atoms with Crippen LogP contribution in [0.3, 0.4) is 0 Å². The van der Waals surface area contributed by atoms with E-state index < -0.39 is 5.91 Å². The van der Waals surface area contributed by atoms with E-state index in [0.717, 1.165) is 48.6 Å². The van der Waals surface area contributed by atoms with E-state index in [4.69, 9.17) is 16.3 Å². The van der Waals surface area contributed by atoms with E-state index in [2.05, 4.69) is 9.88 Å². The molecule has 0 spiro atoms. The van der Waals surface area contributed by atoms with Crippen molar-refractivity contribution in [2.24, 2.45) is 0 Å². The lowest BCUT2D eigenvalue weighted by Gasteiger charge is -2.18. The Morgan fingerprint density at radius 3 is 2.80 bits per heavy atom. The van der Waals surface area contributed by atoms with Gasteiger partial charge in [-0.15, -0.1) is 0 Å². The van der Waals surface area contributed by atoms with Crippen LogP contribution in [0.1, 0.15) is 29.8 Å². The molecule has 1 amide bonds. The van der Waals surface area contributed by atoms with Crippen LogP contribution in [-0.2, 0) is 16.1 Å². The molecule has 0 saturated carbocycles. The van der Waals surface area contributed by atoms with Crippen molar-refractivity contribution in [3.8, 4) is 6.07 Å². The molecule has 0 radical (unpaired) electrons. The maximum Gasteiger partial charge on any atom is 0.266 e. The monoisotopic (exact) mass is 426 g/mol. The fourth-order valence-corrected chi connectivity index (χ4v) is 3.91. The van der Waals surface area contributed by atoms with Crippen LogP contribution in [0.15, 0.2) is 29.8 Å². The highest BCUT2D eigenvalue weighted by Gasteiger charge is 2.19. The Balaban J connectivity index is 1.85. The van der Waals surface area contributed by atoms with Gasteiger partial charge in [0.05, 0.1) is 17.5 Å². The molecule has 1 unspecified atom stereocenters. The van der Waals surface area contributed by atoms with E-state index in [1.165, 1.54) is 0 Å².